The molecule has 0 bridgehead atoms. The summed E-state index contributed by atoms with van der Waals surface area (Å²) in [6, 6.07) is 14.3. The second-order valence-corrected chi connectivity index (χ2v) is 6.72. The molecule has 0 atom stereocenters. The number of benzene rings is 2. The molecular formula is C20H22N2O4S. The normalized spacial score (nSPS) is 10.1. The highest BCUT2D eigenvalue weighted by Crippen LogP contribution is 2.21. The molecule has 0 aromatic heterocycles. The summed E-state index contributed by atoms with van der Waals surface area (Å²) in [7, 11) is 0. The zero-order chi connectivity index (χ0) is 19.6. The first-order chi connectivity index (χ1) is 13.0. The van der Waals surface area contributed by atoms with Crippen LogP contribution in [0.25, 0.3) is 0 Å². The maximum absolute atomic E-state index is 12.0. The van der Waals surface area contributed by atoms with Crippen LogP contribution in [0.4, 0.5) is 5.69 Å². The maximum Gasteiger partial charge on any atom is 0.316 e. The maximum atomic E-state index is 12.0. The molecule has 0 heterocycles. The van der Waals surface area contributed by atoms with E-state index in [0.717, 1.165) is 10.5 Å². The van der Waals surface area contributed by atoms with Crippen LogP contribution in [0, 0.1) is 6.92 Å². The summed E-state index contributed by atoms with van der Waals surface area (Å²) in [5.41, 5.74) is 2.00. The van der Waals surface area contributed by atoms with Crippen molar-refractivity contribution in [2.45, 2.75) is 18.7 Å². The molecule has 0 radical (unpaired) electrons. The first-order valence-corrected chi connectivity index (χ1v) is 9.50. The van der Waals surface area contributed by atoms with E-state index in [2.05, 4.69) is 10.6 Å². The van der Waals surface area contributed by atoms with Crippen molar-refractivity contribution in [2.75, 3.05) is 24.2 Å². The highest BCUT2D eigenvalue weighted by Gasteiger charge is 2.11. The highest BCUT2D eigenvalue weighted by molar-refractivity contribution is 8.00. The number of thioether (sulfide) groups is 1. The molecule has 142 valence electrons. The molecule has 0 saturated carbocycles. The quantitative estimate of drug-likeness (QED) is 0.538. The van der Waals surface area contributed by atoms with Gasteiger partial charge in [0.25, 0.3) is 11.8 Å². The lowest BCUT2D eigenvalue weighted by Crippen LogP contribution is -2.24. The lowest BCUT2D eigenvalue weighted by Gasteiger charge is -2.09. The van der Waals surface area contributed by atoms with Gasteiger partial charge in [-0.25, -0.2) is 0 Å². The number of anilines is 1. The third-order valence-electron chi connectivity index (χ3n) is 3.55. The lowest BCUT2D eigenvalue weighted by molar-refractivity contribution is -0.144. The summed E-state index contributed by atoms with van der Waals surface area (Å²) >= 11 is 1.37. The Balaban J connectivity index is 1.79. The minimum atomic E-state index is -0.463. The topological polar surface area (TPSA) is 84.5 Å². The van der Waals surface area contributed by atoms with Crippen molar-refractivity contribution in [1.29, 1.82) is 0 Å². The van der Waals surface area contributed by atoms with E-state index < -0.39 is 11.9 Å². The predicted octanol–water partition coefficient (Wildman–Crippen LogP) is 3.02. The molecule has 0 unspecified atom stereocenters. The van der Waals surface area contributed by atoms with Gasteiger partial charge in [-0.2, -0.15) is 0 Å². The van der Waals surface area contributed by atoms with E-state index in [-0.39, 0.29) is 18.3 Å². The van der Waals surface area contributed by atoms with Crippen LogP contribution in [0.1, 0.15) is 22.8 Å². The van der Waals surface area contributed by atoms with Crippen LogP contribution in [0.5, 0.6) is 0 Å². The van der Waals surface area contributed by atoms with E-state index in [9.17, 15) is 14.4 Å². The van der Waals surface area contributed by atoms with Gasteiger partial charge in [0.15, 0.2) is 6.61 Å². The molecule has 27 heavy (non-hydrogen) atoms. The smallest absolute Gasteiger partial charge is 0.316 e. The number of hydrogen-bond acceptors (Lipinski definition) is 5. The van der Waals surface area contributed by atoms with Crippen LogP contribution in [0.15, 0.2) is 53.4 Å². The predicted molar refractivity (Wildman–Crippen MR) is 106 cm³/mol. The number of ether oxygens (including phenoxy) is 1. The molecule has 0 saturated heterocycles. The Hall–Kier alpha value is -2.80. The van der Waals surface area contributed by atoms with Gasteiger partial charge in [0.2, 0.25) is 0 Å². The van der Waals surface area contributed by atoms with Crippen molar-refractivity contribution in [3.05, 3.63) is 59.7 Å². The largest absolute Gasteiger partial charge is 0.455 e. The van der Waals surface area contributed by atoms with Crippen molar-refractivity contribution in [2.24, 2.45) is 0 Å². The molecule has 0 fully saturated rings. The molecule has 2 aromatic rings. The molecule has 2 aromatic carbocycles. The van der Waals surface area contributed by atoms with Gasteiger partial charge >= 0.3 is 5.97 Å². The molecule has 0 aliphatic heterocycles. The average molecular weight is 386 g/mol. The standard InChI is InChI=1S/C20H22N2O4S/c1-3-21-20(25)15-8-6-9-16(11-15)22-18(23)12-26-19(24)13-27-17-10-5-4-7-14(17)2/h4-11H,3,12-13H2,1-2H3,(H,21,25)(H,22,23). The first kappa shape index (κ1) is 20.5. The summed E-state index contributed by atoms with van der Waals surface area (Å²) in [4.78, 5) is 36.6. The van der Waals surface area contributed by atoms with Crippen molar-refractivity contribution in [3.8, 4) is 0 Å². The third-order valence-corrected chi connectivity index (χ3v) is 4.70. The van der Waals surface area contributed by atoms with Gasteiger partial charge in [0.1, 0.15) is 0 Å². The van der Waals surface area contributed by atoms with Crippen LogP contribution in [-0.2, 0) is 14.3 Å². The Morgan fingerprint density at radius 1 is 1.07 bits per heavy atom. The van der Waals surface area contributed by atoms with Gasteiger partial charge in [-0.3, -0.25) is 14.4 Å². The van der Waals surface area contributed by atoms with Crippen LogP contribution in [-0.4, -0.2) is 36.7 Å². The Labute approximate surface area is 162 Å². The van der Waals surface area contributed by atoms with Gasteiger partial charge < -0.3 is 15.4 Å². The van der Waals surface area contributed by atoms with Gasteiger partial charge in [0, 0.05) is 22.7 Å². The van der Waals surface area contributed by atoms with E-state index in [1.165, 1.54) is 11.8 Å². The average Bonchev–Trinajstić information content (AvgIpc) is 2.66. The Kier molecular flexibility index (Phi) is 7.88. The zero-order valence-corrected chi connectivity index (χ0v) is 16.1. The second kappa shape index (κ2) is 10.4. The van der Waals surface area contributed by atoms with E-state index in [1.807, 2.05) is 38.1 Å². The molecule has 2 amide bonds. The lowest BCUT2D eigenvalue weighted by atomic mass is 10.2. The molecule has 2 rings (SSSR count). The Morgan fingerprint density at radius 2 is 1.85 bits per heavy atom. The second-order valence-electron chi connectivity index (χ2n) is 5.70. The number of carbonyl (C=O) groups is 3. The number of esters is 1. The number of carbonyl (C=O) groups excluding carboxylic acids is 3. The molecule has 0 aliphatic carbocycles. The van der Waals surface area contributed by atoms with E-state index in [1.54, 1.807) is 24.3 Å². The fourth-order valence-corrected chi connectivity index (χ4v) is 3.07. The van der Waals surface area contributed by atoms with E-state index in [0.29, 0.717) is 17.8 Å². The SMILES string of the molecule is CCNC(=O)c1cccc(NC(=O)COC(=O)CSc2ccccc2C)c1. The molecule has 6 nitrogen and oxygen atoms in total. The van der Waals surface area contributed by atoms with Gasteiger partial charge in [-0.1, -0.05) is 24.3 Å². The fourth-order valence-electron chi connectivity index (χ4n) is 2.24. The number of amides is 2. The zero-order valence-electron chi connectivity index (χ0n) is 15.3. The highest BCUT2D eigenvalue weighted by atomic mass is 32.2. The van der Waals surface area contributed by atoms with Crippen LogP contribution < -0.4 is 10.6 Å². The Bertz CT molecular complexity index is 823. The van der Waals surface area contributed by atoms with Crippen molar-refractivity contribution in [1.82, 2.24) is 5.32 Å². The number of hydrogen-bond donors (Lipinski definition) is 2. The summed E-state index contributed by atoms with van der Waals surface area (Å²) in [5.74, 6) is -1.01. The third kappa shape index (κ3) is 6.79. The molecule has 2 N–H and O–H groups in total. The van der Waals surface area contributed by atoms with Crippen molar-refractivity contribution >= 4 is 35.2 Å². The van der Waals surface area contributed by atoms with E-state index >= 15 is 0 Å². The van der Waals surface area contributed by atoms with Crippen LogP contribution in [0.3, 0.4) is 0 Å². The van der Waals surface area contributed by atoms with Crippen molar-refractivity contribution in [3.63, 3.8) is 0 Å². The van der Waals surface area contributed by atoms with E-state index in [4.69, 9.17) is 4.74 Å². The van der Waals surface area contributed by atoms with Gasteiger partial charge in [-0.15, -0.1) is 11.8 Å². The summed E-state index contributed by atoms with van der Waals surface area (Å²) in [6.07, 6.45) is 0. The minimum Gasteiger partial charge on any atom is -0.455 e. The summed E-state index contributed by atoms with van der Waals surface area (Å²) in [5, 5.41) is 5.31. The molecule has 0 aliphatic rings. The molecule has 7 heteroatoms. The summed E-state index contributed by atoms with van der Waals surface area (Å²) < 4.78 is 5.00. The Morgan fingerprint density at radius 3 is 2.59 bits per heavy atom. The van der Waals surface area contributed by atoms with Crippen LogP contribution >= 0.6 is 11.8 Å². The number of nitrogens with one attached hydrogen (secondary N) is 2. The number of rotatable bonds is 8. The summed E-state index contributed by atoms with van der Waals surface area (Å²) in [6.45, 7) is 3.94. The fraction of sp³-hybridized carbons (Fsp3) is 0.250. The van der Waals surface area contributed by atoms with Gasteiger partial charge in [-0.05, 0) is 43.7 Å². The molecular weight excluding hydrogens is 364 g/mol. The van der Waals surface area contributed by atoms with Crippen LogP contribution in [0.2, 0.25) is 0 Å². The first-order valence-electron chi connectivity index (χ1n) is 8.51. The number of aryl methyl sites for hydroxylation is 1. The molecule has 0 spiro atoms. The monoisotopic (exact) mass is 386 g/mol. The minimum absolute atomic E-state index is 0.130. The van der Waals surface area contributed by atoms with Crippen molar-refractivity contribution < 1.29 is 19.1 Å². The van der Waals surface area contributed by atoms with Gasteiger partial charge in [0.05, 0.1) is 5.75 Å².